The summed E-state index contributed by atoms with van der Waals surface area (Å²) in [7, 11) is 1.65. The molecule has 0 unspecified atom stereocenters. The van der Waals surface area contributed by atoms with Gasteiger partial charge in [0.15, 0.2) is 11.5 Å². The van der Waals surface area contributed by atoms with Gasteiger partial charge in [0, 0.05) is 16.7 Å². The van der Waals surface area contributed by atoms with Gasteiger partial charge < -0.3 is 9.47 Å². The van der Waals surface area contributed by atoms with Crippen molar-refractivity contribution in [3.63, 3.8) is 0 Å². The summed E-state index contributed by atoms with van der Waals surface area (Å²) >= 11 is 1.67. The van der Waals surface area contributed by atoms with Crippen LogP contribution >= 0.6 is 11.3 Å². The lowest BCUT2D eigenvalue weighted by atomic mass is 9.72. The molecule has 2 aromatic rings. The number of hydrogen-bond donors (Lipinski definition) is 0. The van der Waals surface area contributed by atoms with Gasteiger partial charge in [-0.3, -0.25) is 0 Å². The highest BCUT2D eigenvalue weighted by atomic mass is 32.1. The van der Waals surface area contributed by atoms with Gasteiger partial charge in [0.05, 0.1) is 19.3 Å². The monoisotopic (exact) mass is 436 g/mol. The van der Waals surface area contributed by atoms with E-state index in [0.29, 0.717) is 24.7 Å². The molecule has 5 heteroatoms. The van der Waals surface area contributed by atoms with Gasteiger partial charge in [-0.25, -0.2) is 4.99 Å². The maximum absolute atomic E-state index is 9.82. The van der Waals surface area contributed by atoms with E-state index in [-0.39, 0.29) is 5.41 Å². The number of allylic oxidation sites excluding steroid dienone is 1. The minimum absolute atomic E-state index is 0.276. The Morgan fingerprint density at radius 3 is 2.74 bits per heavy atom. The SMILES string of the molecule is C=CCc1cc(C=Nc2sc3c(c2C#N)CC[C@H](C(C)(C)C)C3)cc(OCC)c1OC. The summed E-state index contributed by atoms with van der Waals surface area (Å²) in [5.74, 6) is 2.07. The third kappa shape index (κ3) is 5.02. The fraction of sp³-hybridized carbons (Fsp3) is 0.462. The molecular weight excluding hydrogens is 404 g/mol. The van der Waals surface area contributed by atoms with E-state index >= 15 is 0 Å². The standard InChI is InChI=1S/C26H32N2O2S/c1-7-9-18-12-17(13-22(30-8-2)24(18)29-6)16-28-25-21(15-27)20-11-10-19(26(3,4)5)14-23(20)31-25/h7,12-13,16,19H,1,8-11,14H2,2-6H3/t19-/m0/s1. The van der Waals surface area contributed by atoms with Crippen molar-refractivity contribution >= 4 is 22.6 Å². The predicted octanol–water partition coefficient (Wildman–Crippen LogP) is 6.66. The van der Waals surface area contributed by atoms with Crippen LogP contribution in [0.2, 0.25) is 0 Å². The van der Waals surface area contributed by atoms with Gasteiger partial charge in [-0.05, 0) is 67.2 Å². The first-order valence-corrected chi connectivity index (χ1v) is 11.7. The van der Waals surface area contributed by atoms with E-state index in [2.05, 4.69) is 33.4 Å². The third-order valence-electron chi connectivity index (χ3n) is 5.94. The van der Waals surface area contributed by atoms with Gasteiger partial charge in [-0.2, -0.15) is 5.26 Å². The number of nitriles is 1. The first-order chi connectivity index (χ1) is 14.8. The fourth-order valence-electron chi connectivity index (χ4n) is 4.21. The quantitative estimate of drug-likeness (QED) is 0.360. The van der Waals surface area contributed by atoms with Gasteiger partial charge in [0.1, 0.15) is 11.1 Å². The van der Waals surface area contributed by atoms with Crippen molar-refractivity contribution in [1.82, 2.24) is 0 Å². The largest absolute Gasteiger partial charge is 0.493 e. The average molecular weight is 437 g/mol. The van der Waals surface area contributed by atoms with Crippen LogP contribution in [0, 0.1) is 22.7 Å². The number of benzene rings is 1. The number of thiophene rings is 1. The highest BCUT2D eigenvalue weighted by Gasteiger charge is 2.32. The van der Waals surface area contributed by atoms with Crippen LogP contribution in [0.4, 0.5) is 5.00 Å². The second kappa shape index (κ2) is 9.70. The molecule has 1 aliphatic carbocycles. The van der Waals surface area contributed by atoms with Crippen molar-refractivity contribution < 1.29 is 9.47 Å². The number of hydrogen-bond acceptors (Lipinski definition) is 5. The highest BCUT2D eigenvalue weighted by molar-refractivity contribution is 7.16. The molecule has 164 valence electrons. The Labute approximate surface area is 190 Å². The van der Waals surface area contributed by atoms with Crippen LogP contribution in [-0.2, 0) is 19.3 Å². The van der Waals surface area contributed by atoms with Crippen LogP contribution in [0.1, 0.15) is 61.2 Å². The fourth-order valence-corrected chi connectivity index (χ4v) is 5.43. The molecular formula is C26H32N2O2S. The van der Waals surface area contributed by atoms with E-state index in [4.69, 9.17) is 14.5 Å². The van der Waals surface area contributed by atoms with Gasteiger partial charge in [-0.15, -0.1) is 17.9 Å². The zero-order valence-electron chi connectivity index (χ0n) is 19.2. The molecule has 0 aliphatic heterocycles. The topological polar surface area (TPSA) is 54.6 Å². The Morgan fingerprint density at radius 2 is 2.13 bits per heavy atom. The molecule has 0 saturated heterocycles. The van der Waals surface area contributed by atoms with E-state index in [1.165, 1.54) is 10.4 Å². The van der Waals surface area contributed by atoms with Crippen molar-refractivity contribution in [2.24, 2.45) is 16.3 Å². The first-order valence-electron chi connectivity index (χ1n) is 10.9. The number of nitrogens with zero attached hydrogens (tertiary/aromatic N) is 2. The minimum atomic E-state index is 0.276. The molecule has 1 aliphatic rings. The maximum atomic E-state index is 9.82. The molecule has 3 rings (SSSR count). The summed E-state index contributed by atoms with van der Waals surface area (Å²) in [6.07, 6.45) is 7.48. The molecule has 31 heavy (non-hydrogen) atoms. The molecule has 0 N–H and O–H groups in total. The molecule has 4 nitrogen and oxygen atoms in total. The van der Waals surface area contributed by atoms with Gasteiger partial charge >= 0.3 is 0 Å². The average Bonchev–Trinajstić information content (AvgIpc) is 3.08. The summed E-state index contributed by atoms with van der Waals surface area (Å²) in [6.45, 7) is 13.3. The molecule has 1 aromatic carbocycles. The lowest BCUT2D eigenvalue weighted by Gasteiger charge is -2.33. The molecule has 0 bridgehead atoms. The van der Waals surface area contributed by atoms with Crippen LogP contribution in [0.3, 0.4) is 0 Å². The maximum Gasteiger partial charge on any atom is 0.164 e. The van der Waals surface area contributed by atoms with Crippen LogP contribution in [0.5, 0.6) is 11.5 Å². The molecule has 1 aromatic heterocycles. The zero-order chi connectivity index (χ0) is 22.6. The van der Waals surface area contributed by atoms with Crippen LogP contribution in [-0.4, -0.2) is 19.9 Å². The number of fused-ring (bicyclic) bond motifs is 1. The molecule has 0 fully saturated rings. The Bertz CT molecular complexity index is 1020. The molecule has 0 amide bonds. The van der Waals surface area contributed by atoms with Crippen molar-refractivity contribution in [2.45, 2.75) is 53.4 Å². The first kappa shape index (κ1) is 23.1. The zero-order valence-corrected chi connectivity index (χ0v) is 20.1. The highest BCUT2D eigenvalue weighted by Crippen LogP contribution is 2.45. The van der Waals surface area contributed by atoms with Crippen molar-refractivity contribution in [2.75, 3.05) is 13.7 Å². The number of rotatable bonds is 7. The third-order valence-corrected chi connectivity index (χ3v) is 7.10. The smallest absolute Gasteiger partial charge is 0.164 e. The van der Waals surface area contributed by atoms with Crippen molar-refractivity contribution in [3.05, 3.63) is 51.9 Å². The Kier molecular flexibility index (Phi) is 7.23. The van der Waals surface area contributed by atoms with Gasteiger partial charge in [0.25, 0.3) is 0 Å². The summed E-state index contributed by atoms with van der Waals surface area (Å²) in [5, 5.41) is 10.6. The lowest BCUT2D eigenvalue weighted by Crippen LogP contribution is -2.26. The molecule has 0 spiro atoms. The number of ether oxygens (including phenoxy) is 2. The van der Waals surface area contributed by atoms with Crippen LogP contribution in [0.25, 0.3) is 0 Å². The van der Waals surface area contributed by atoms with Crippen molar-refractivity contribution in [1.29, 1.82) is 5.26 Å². The summed E-state index contributed by atoms with van der Waals surface area (Å²) < 4.78 is 11.4. The van der Waals surface area contributed by atoms with Gasteiger partial charge in [-0.1, -0.05) is 26.8 Å². The lowest BCUT2D eigenvalue weighted by molar-refractivity contribution is 0.218. The normalized spacial score (nSPS) is 16.1. The Balaban J connectivity index is 1.96. The molecule has 1 heterocycles. The van der Waals surface area contributed by atoms with E-state index in [0.717, 1.165) is 46.7 Å². The Hall–Kier alpha value is -2.58. The second-order valence-electron chi connectivity index (χ2n) is 9.00. The van der Waals surface area contributed by atoms with Crippen LogP contribution < -0.4 is 9.47 Å². The van der Waals surface area contributed by atoms with E-state index < -0.39 is 0 Å². The van der Waals surface area contributed by atoms with E-state index in [1.54, 1.807) is 18.4 Å². The Morgan fingerprint density at radius 1 is 1.35 bits per heavy atom. The number of methoxy groups -OCH3 is 1. The molecule has 1 atom stereocenters. The molecule has 0 saturated carbocycles. The minimum Gasteiger partial charge on any atom is -0.493 e. The summed E-state index contributed by atoms with van der Waals surface area (Å²) in [6, 6.07) is 6.40. The molecule has 0 radical (unpaired) electrons. The van der Waals surface area contributed by atoms with Gasteiger partial charge in [0.2, 0.25) is 0 Å². The number of aliphatic imine (C=N–C) groups is 1. The summed E-state index contributed by atoms with van der Waals surface area (Å²) in [5.41, 5.74) is 4.15. The second-order valence-corrected chi connectivity index (χ2v) is 10.1. The van der Waals surface area contributed by atoms with Crippen LogP contribution in [0.15, 0.2) is 29.8 Å². The predicted molar refractivity (Wildman–Crippen MR) is 129 cm³/mol. The van der Waals surface area contributed by atoms with E-state index in [9.17, 15) is 5.26 Å². The van der Waals surface area contributed by atoms with Crippen molar-refractivity contribution in [3.8, 4) is 17.6 Å². The summed E-state index contributed by atoms with van der Waals surface area (Å²) in [4.78, 5) is 6.07. The van der Waals surface area contributed by atoms with E-state index in [1.807, 2.05) is 31.3 Å².